The van der Waals surface area contributed by atoms with Gasteiger partial charge in [0.25, 0.3) is 0 Å². The minimum atomic E-state index is -0.672. The van der Waals surface area contributed by atoms with Gasteiger partial charge in [-0.05, 0) is 29.2 Å². The van der Waals surface area contributed by atoms with Gasteiger partial charge in [0.1, 0.15) is 0 Å². The van der Waals surface area contributed by atoms with Crippen LogP contribution in [0.5, 0.6) is 0 Å². The van der Waals surface area contributed by atoms with E-state index in [0.717, 1.165) is 29.2 Å². The first-order chi connectivity index (χ1) is 9.70. The van der Waals surface area contributed by atoms with Gasteiger partial charge in [-0.15, -0.1) is 0 Å². The Morgan fingerprint density at radius 3 is 2.35 bits per heavy atom. The fraction of sp³-hybridized carbons (Fsp3) is 0.353. The first kappa shape index (κ1) is 11.9. The summed E-state index contributed by atoms with van der Waals surface area (Å²) in [6.45, 7) is 1.04. The molecule has 1 saturated heterocycles. The Kier molecular flexibility index (Phi) is 2.28. The standard InChI is InChI=1S/C17H16O3/c18-15(19)16(8-9-16)17(10-20-11-17)14-7-3-5-12-4-1-2-6-13(12)14/h1-7H,8-11H2,(H,18,19). The molecule has 0 radical (unpaired) electrons. The molecule has 0 bridgehead atoms. The molecule has 3 nitrogen and oxygen atoms in total. The Hall–Kier alpha value is -1.87. The van der Waals surface area contributed by atoms with E-state index in [1.54, 1.807) is 0 Å². The van der Waals surface area contributed by atoms with E-state index in [1.165, 1.54) is 0 Å². The number of rotatable bonds is 3. The smallest absolute Gasteiger partial charge is 0.310 e. The van der Waals surface area contributed by atoms with Crippen molar-refractivity contribution in [3.8, 4) is 0 Å². The summed E-state index contributed by atoms with van der Waals surface area (Å²) in [6, 6.07) is 14.4. The SMILES string of the molecule is O=C(O)C1(C2(c3cccc4ccccc34)COC2)CC1. The van der Waals surface area contributed by atoms with E-state index >= 15 is 0 Å². The van der Waals surface area contributed by atoms with Crippen molar-refractivity contribution >= 4 is 16.7 Å². The van der Waals surface area contributed by atoms with Crippen LogP contribution in [0.25, 0.3) is 10.8 Å². The van der Waals surface area contributed by atoms with Crippen LogP contribution in [0.3, 0.4) is 0 Å². The summed E-state index contributed by atoms with van der Waals surface area (Å²) in [5, 5.41) is 12.0. The van der Waals surface area contributed by atoms with Crippen LogP contribution in [-0.2, 0) is 14.9 Å². The molecular weight excluding hydrogens is 252 g/mol. The van der Waals surface area contributed by atoms with Gasteiger partial charge in [0.2, 0.25) is 0 Å². The molecule has 2 fully saturated rings. The maximum absolute atomic E-state index is 11.8. The van der Waals surface area contributed by atoms with Gasteiger partial charge in [-0.2, -0.15) is 0 Å². The molecule has 102 valence electrons. The van der Waals surface area contributed by atoms with Crippen molar-refractivity contribution in [1.82, 2.24) is 0 Å². The molecule has 0 atom stereocenters. The van der Waals surface area contributed by atoms with Gasteiger partial charge in [0.15, 0.2) is 0 Å². The highest BCUT2D eigenvalue weighted by molar-refractivity contribution is 5.89. The largest absolute Gasteiger partial charge is 0.481 e. The maximum Gasteiger partial charge on any atom is 0.310 e. The lowest BCUT2D eigenvalue weighted by atomic mass is 9.65. The fourth-order valence-electron chi connectivity index (χ4n) is 3.66. The Morgan fingerprint density at radius 2 is 1.75 bits per heavy atom. The molecule has 4 rings (SSSR count). The van der Waals surface area contributed by atoms with Gasteiger partial charge in [-0.3, -0.25) is 4.79 Å². The van der Waals surface area contributed by atoms with Crippen LogP contribution in [0, 0.1) is 5.41 Å². The van der Waals surface area contributed by atoms with Crippen molar-refractivity contribution in [1.29, 1.82) is 0 Å². The molecule has 20 heavy (non-hydrogen) atoms. The molecule has 0 aromatic heterocycles. The van der Waals surface area contributed by atoms with Gasteiger partial charge < -0.3 is 9.84 Å². The average molecular weight is 268 g/mol. The van der Waals surface area contributed by atoms with Crippen molar-refractivity contribution in [2.45, 2.75) is 18.3 Å². The Bertz CT molecular complexity index is 691. The number of aliphatic carboxylic acids is 1. The van der Waals surface area contributed by atoms with Crippen LogP contribution in [0.1, 0.15) is 18.4 Å². The van der Waals surface area contributed by atoms with Crippen molar-refractivity contribution in [3.63, 3.8) is 0 Å². The number of benzene rings is 2. The molecule has 2 aromatic rings. The average Bonchev–Trinajstić information content (AvgIpc) is 3.20. The summed E-state index contributed by atoms with van der Waals surface area (Å²) in [5.74, 6) is -0.672. The molecule has 1 aliphatic heterocycles. The molecule has 2 aliphatic rings. The van der Waals surface area contributed by atoms with Gasteiger partial charge in [0.05, 0.1) is 24.0 Å². The molecular formula is C17H16O3. The predicted octanol–water partition coefficient (Wildman–Crippen LogP) is 2.97. The molecule has 0 amide bonds. The lowest BCUT2D eigenvalue weighted by Crippen LogP contribution is -2.56. The zero-order chi connectivity index (χ0) is 13.8. The van der Waals surface area contributed by atoms with E-state index in [4.69, 9.17) is 4.74 Å². The van der Waals surface area contributed by atoms with Gasteiger partial charge >= 0.3 is 5.97 Å². The van der Waals surface area contributed by atoms with E-state index in [1.807, 2.05) is 18.2 Å². The highest BCUT2D eigenvalue weighted by Gasteiger charge is 2.68. The van der Waals surface area contributed by atoms with E-state index in [-0.39, 0.29) is 5.41 Å². The zero-order valence-corrected chi connectivity index (χ0v) is 11.1. The van der Waals surface area contributed by atoms with Gasteiger partial charge in [0, 0.05) is 0 Å². The minimum Gasteiger partial charge on any atom is -0.481 e. The number of carboxylic acid groups (broad SMARTS) is 1. The third-order valence-corrected chi connectivity index (χ3v) is 5.08. The van der Waals surface area contributed by atoms with Crippen LogP contribution in [0.2, 0.25) is 0 Å². The Labute approximate surface area is 117 Å². The molecule has 1 N–H and O–H groups in total. The monoisotopic (exact) mass is 268 g/mol. The molecule has 1 saturated carbocycles. The summed E-state index contributed by atoms with van der Waals surface area (Å²) in [7, 11) is 0. The van der Waals surface area contributed by atoms with Gasteiger partial charge in [-0.25, -0.2) is 0 Å². The predicted molar refractivity (Wildman–Crippen MR) is 75.7 cm³/mol. The second-order valence-electron chi connectivity index (χ2n) is 5.99. The first-order valence-electron chi connectivity index (χ1n) is 6.99. The number of hydrogen-bond donors (Lipinski definition) is 1. The lowest BCUT2D eigenvalue weighted by Gasteiger charge is -2.47. The first-order valence-corrected chi connectivity index (χ1v) is 6.99. The van der Waals surface area contributed by atoms with E-state index in [0.29, 0.717) is 13.2 Å². The number of hydrogen-bond acceptors (Lipinski definition) is 2. The molecule has 1 heterocycles. The van der Waals surface area contributed by atoms with Crippen molar-refractivity contribution in [3.05, 3.63) is 48.0 Å². The van der Waals surface area contributed by atoms with Crippen LogP contribution >= 0.6 is 0 Å². The topological polar surface area (TPSA) is 46.5 Å². The van der Waals surface area contributed by atoms with Crippen molar-refractivity contribution in [2.24, 2.45) is 5.41 Å². The van der Waals surface area contributed by atoms with E-state index in [2.05, 4.69) is 24.3 Å². The van der Waals surface area contributed by atoms with Crippen LogP contribution in [-0.4, -0.2) is 24.3 Å². The quantitative estimate of drug-likeness (QED) is 0.931. The summed E-state index contributed by atoms with van der Waals surface area (Å²) in [4.78, 5) is 11.8. The zero-order valence-electron chi connectivity index (χ0n) is 11.1. The summed E-state index contributed by atoms with van der Waals surface area (Å²) < 4.78 is 5.45. The molecule has 2 aromatic carbocycles. The number of fused-ring (bicyclic) bond motifs is 1. The molecule has 0 spiro atoms. The number of ether oxygens (including phenoxy) is 1. The van der Waals surface area contributed by atoms with Crippen LogP contribution < -0.4 is 0 Å². The summed E-state index contributed by atoms with van der Waals surface area (Å²) in [5.41, 5.74) is 0.177. The highest BCUT2D eigenvalue weighted by atomic mass is 16.5. The highest BCUT2D eigenvalue weighted by Crippen LogP contribution is 2.63. The minimum absolute atomic E-state index is 0.348. The molecule has 0 unspecified atom stereocenters. The number of carboxylic acids is 1. The Balaban J connectivity index is 1.95. The molecule has 3 heteroatoms. The maximum atomic E-state index is 11.8. The second kappa shape index (κ2) is 3.83. The second-order valence-corrected chi connectivity index (χ2v) is 5.99. The third kappa shape index (κ3) is 1.31. The normalized spacial score (nSPS) is 22.2. The number of carbonyl (C=O) groups is 1. The van der Waals surface area contributed by atoms with Crippen molar-refractivity contribution < 1.29 is 14.6 Å². The van der Waals surface area contributed by atoms with Crippen molar-refractivity contribution in [2.75, 3.05) is 13.2 Å². The molecule has 1 aliphatic carbocycles. The van der Waals surface area contributed by atoms with Gasteiger partial charge in [-0.1, -0.05) is 42.5 Å². The van der Waals surface area contributed by atoms with E-state index in [9.17, 15) is 9.90 Å². The third-order valence-electron chi connectivity index (χ3n) is 5.08. The van der Waals surface area contributed by atoms with Crippen LogP contribution in [0.15, 0.2) is 42.5 Å². The van der Waals surface area contributed by atoms with Crippen LogP contribution in [0.4, 0.5) is 0 Å². The summed E-state index contributed by atoms with van der Waals surface area (Å²) >= 11 is 0. The summed E-state index contributed by atoms with van der Waals surface area (Å²) in [6.07, 6.45) is 1.52. The lowest BCUT2D eigenvalue weighted by molar-refractivity contribution is -0.161. The fourth-order valence-corrected chi connectivity index (χ4v) is 3.66. The Morgan fingerprint density at radius 1 is 1.05 bits per heavy atom. The van der Waals surface area contributed by atoms with E-state index < -0.39 is 11.4 Å².